The quantitative estimate of drug-likeness (QED) is 0.405. The molecule has 126 valence electrons. The summed E-state index contributed by atoms with van der Waals surface area (Å²) in [6, 6.07) is 7.37. The maximum atomic E-state index is 11.9. The second kappa shape index (κ2) is 9.20. The van der Waals surface area contributed by atoms with E-state index in [-0.39, 0.29) is 11.6 Å². The summed E-state index contributed by atoms with van der Waals surface area (Å²) < 4.78 is 0. The average molecular weight is 361 g/mol. The molecule has 0 aliphatic heterocycles. The highest BCUT2D eigenvalue weighted by atomic mass is 32.1. The van der Waals surface area contributed by atoms with Gasteiger partial charge in [-0.2, -0.15) is 0 Å². The molecule has 6 heteroatoms. The SMILES string of the molecule is CC(=CC(=O)c1cccs1)NCCNC(C)=CC(=O)c1cccs1. The second-order valence-electron chi connectivity index (χ2n) is 5.19. The number of thiophene rings is 2. The predicted molar refractivity (Wildman–Crippen MR) is 101 cm³/mol. The maximum absolute atomic E-state index is 11.9. The standard InChI is InChI=1S/C18H20N2O2S2/c1-13(11-15(21)17-5-3-9-23-17)19-7-8-20-14(2)12-16(22)18-6-4-10-24-18/h3-6,9-12,19-20H,7-8H2,1-2H3. The van der Waals surface area contributed by atoms with Crippen LogP contribution in [0.5, 0.6) is 0 Å². The van der Waals surface area contributed by atoms with Crippen LogP contribution in [0.3, 0.4) is 0 Å². The van der Waals surface area contributed by atoms with Crippen LogP contribution in [0.2, 0.25) is 0 Å². The molecule has 2 aromatic heterocycles. The molecule has 0 unspecified atom stereocenters. The van der Waals surface area contributed by atoms with Crippen LogP contribution < -0.4 is 10.6 Å². The number of hydrogen-bond acceptors (Lipinski definition) is 6. The molecule has 0 amide bonds. The minimum Gasteiger partial charge on any atom is -0.387 e. The molecule has 24 heavy (non-hydrogen) atoms. The molecule has 0 atom stereocenters. The van der Waals surface area contributed by atoms with Crippen molar-refractivity contribution < 1.29 is 9.59 Å². The van der Waals surface area contributed by atoms with Crippen molar-refractivity contribution in [2.75, 3.05) is 13.1 Å². The zero-order valence-electron chi connectivity index (χ0n) is 13.7. The number of carbonyl (C=O) groups is 2. The largest absolute Gasteiger partial charge is 0.387 e. The summed E-state index contributed by atoms with van der Waals surface area (Å²) in [4.78, 5) is 25.3. The predicted octanol–water partition coefficient (Wildman–Crippen LogP) is 3.86. The monoisotopic (exact) mass is 360 g/mol. The van der Waals surface area contributed by atoms with Gasteiger partial charge in [0.2, 0.25) is 0 Å². The van der Waals surface area contributed by atoms with Crippen LogP contribution >= 0.6 is 22.7 Å². The lowest BCUT2D eigenvalue weighted by atomic mass is 10.2. The first kappa shape index (κ1) is 18.2. The average Bonchev–Trinajstić information content (AvgIpc) is 3.24. The number of ketones is 2. The zero-order valence-corrected chi connectivity index (χ0v) is 15.3. The van der Waals surface area contributed by atoms with Gasteiger partial charge in [0.1, 0.15) is 0 Å². The van der Waals surface area contributed by atoms with Gasteiger partial charge in [-0.05, 0) is 36.7 Å². The Labute approximate surface area is 149 Å². The molecule has 4 nitrogen and oxygen atoms in total. The molecule has 0 aromatic carbocycles. The minimum atomic E-state index is 0.0144. The fraction of sp³-hybridized carbons (Fsp3) is 0.222. The van der Waals surface area contributed by atoms with Gasteiger partial charge in [0.25, 0.3) is 0 Å². The highest BCUT2D eigenvalue weighted by Crippen LogP contribution is 2.11. The van der Waals surface area contributed by atoms with Gasteiger partial charge in [0, 0.05) is 36.6 Å². The van der Waals surface area contributed by atoms with Gasteiger partial charge in [0.15, 0.2) is 11.6 Å². The Morgan fingerprint density at radius 1 is 0.875 bits per heavy atom. The fourth-order valence-electron chi connectivity index (χ4n) is 1.99. The molecular formula is C18H20N2O2S2. The van der Waals surface area contributed by atoms with E-state index in [1.165, 1.54) is 22.7 Å². The Hall–Kier alpha value is -2.18. The lowest BCUT2D eigenvalue weighted by Gasteiger charge is -2.09. The molecule has 2 heterocycles. The highest BCUT2D eigenvalue weighted by Gasteiger charge is 2.04. The Morgan fingerprint density at radius 2 is 1.29 bits per heavy atom. The molecule has 2 rings (SSSR count). The Morgan fingerprint density at radius 3 is 1.62 bits per heavy atom. The van der Waals surface area contributed by atoms with Crippen molar-refractivity contribution >= 4 is 34.2 Å². The molecule has 0 saturated carbocycles. The second-order valence-corrected chi connectivity index (χ2v) is 7.09. The first-order valence-electron chi connectivity index (χ1n) is 7.56. The molecule has 0 fully saturated rings. The third kappa shape index (κ3) is 5.79. The Kier molecular flexibility index (Phi) is 6.96. The molecule has 0 radical (unpaired) electrons. The van der Waals surface area contributed by atoms with Crippen molar-refractivity contribution in [2.24, 2.45) is 0 Å². The summed E-state index contributed by atoms with van der Waals surface area (Å²) in [5.74, 6) is 0.0289. The van der Waals surface area contributed by atoms with Crippen molar-refractivity contribution in [3.8, 4) is 0 Å². The zero-order chi connectivity index (χ0) is 17.4. The third-order valence-corrected chi connectivity index (χ3v) is 4.92. The normalized spacial score (nSPS) is 12.1. The number of nitrogens with one attached hydrogen (secondary N) is 2. The van der Waals surface area contributed by atoms with Crippen molar-refractivity contribution in [2.45, 2.75) is 13.8 Å². The van der Waals surface area contributed by atoms with Gasteiger partial charge >= 0.3 is 0 Å². The van der Waals surface area contributed by atoms with Crippen molar-refractivity contribution in [3.05, 3.63) is 68.3 Å². The van der Waals surface area contributed by atoms with Gasteiger partial charge < -0.3 is 10.6 Å². The molecule has 2 aromatic rings. The summed E-state index contributed by atoms with van der Waals surface area (Å²) in [7, 11) is 0. The molecule has 0 aliphatic carbocycles. The van der Waals surface area contributed by atoms with Crippen LogP contribution in [-0.4, -0.2) is 24.7 Å². The third-order valence-electron chi connectivity index (χ3n) is 3.16. The fourth-order valence-corrected chi connectivity index (χ4v) is 3.27. The molecule has 0 saturated heterocycles. The van der Waals surface area contributed by atoms with Gasteiger partial charge in [-0.1, -0.05) is 12.1 Å². The molecular weight excluding hydrogens is 340 g/mol. The Balaban J connectivity index is 1.72. The highest BCUT2D eigenvalue weighted by molar-refractivity contribution is 7.12. The van der Waals surface area contributed by atoms with Crippen LogP contribution in [-0.2, 0) is 0 Å². The summed E-state index contributed by atoms with van der Waals surface area (Å²) in [5.41, 5.74) is 1.65. The van der Waals surface area contributed by atoms with Crippen molar-refractivity contribution in [3.63, 3.8) is 0 Å². The minimum absolute atomic E-state index is 0.0144. The van der Waals surface area contributed by atoms with Gasteiger partial charge in [-0.15, -0.1) is 22.7 Å². The number of rotatable bonds is 9. The molecule has 0 bridgehead atoms. The van der Waals surface area contributed by atoms with Crippen molar-refractivity contribution in [1.29, 1.82) is 0 Å². The molecule has 2 N–H and O–H groups in total. The van der Waals surface area contributed by atoms with E-state index in [0.29, 0.717) is 13.1 Å². The summed E-state index contributed by atoms with van der Waals surface area (Å²) >= 11 is 2.87. The van der Waals surface area contributed by atoms with Gasteiger partial charge in [-0.3, -0.25) is 9.59 Å². The smallest absolute Gasteiger partial charge is 0.197 e. The van der Waals surface area contributed by atoms with Crippen molar-refractivity contribution in [1.82, 2.24) is 10.6 Å². The Bertz CT molecular complexity index is 665. The van der Waals surface area contributed by atoms with E-state index in [2.05, 4.69) is 10.6 Å². The molecule has 0 spiro atoms. The van der Waals surface area contributed by atoms with Gasteiger partial charge in [-0.25, -0.2) is 0 Å². The first-order chi connectivity index (χ1) is 11.6. The number of allylic oxidation sites excluding steroid dienone is 4. The van der Waals surface area contributed by atoms with Crippen LogP contribution in [0.25, 0.3) is 0 Å². The van der Waals surface area contributed by atoms with E-state index in [1.54, 1.807) is 12.2 Å². The summed E-state index contributed by atoms with van der Waals surface area (Å²) in [6.07, 6.45) is 3.21. The van der Waals surface area contributed by atoms with E-state index >= 15 is 0 Å². The van der Waals surface area contributed by atoms with Crippen LogP contribution in [0.15, 0.2) is 58.6 Å². The number of hydrogen-bond donors (Lipinski definition) is 2. The van der Waals surface area contributed by atoms with E-state index < -0.39 is 0 Å². The van der Waals surface area contributed by atoms with Crippen LogP contribution in [0.1, 0.15) is 33.2 Å². The van der Waals surface area contributed by atoms with E-state index in [4.69, 9.17) is 0 Å². The number of carbonyl (C=O) groups excluding carboxylic acids is 2. The van der Waals surface area contributed by atoms with E-state index in [0.717, 1.165) is 21.1 Å². The molecule has 0 aliphatic rings. The topological polar surface area (TPSA) is 58.2 Å². The maximum Gasteiger partial charge on any atom is 0.197 e. The lowest BCUT2D eigenvalue weighted by Crippen LogP contribution is -2.25. The van der Waals surface area contributed by atoms with Gasteiger partial charge in [0.05, 0.1) is 9.75 Å². The van der Waals surface area contributed by atoms with Crippen LogP contribution in [0.4, 0.5) is 0 Å². The van der Waals surface area contributed by atoms with E-state index in [1.807, 2.05) is 48.9 Å². The first-order valence-corrected chi connectivity index (χ1v) is 9.32. The van der Waals surface area contributed by atoms with Crippen LogP contribution in [0, 0.1) is 0 Å². The lowest BCUT2D eigenvalue weighted by molar-refractivity contribution is 0.104. The van der Waals surface area contributed by atoms with E-state index in [9.17, 15) is 9.59 Å². The summed E-state index contributed by atoms with van der Waals surface area (Å²) in [6.45, 7) is 5.07. The summed E-state index contributed by atoms with van der Waals surface area (Å²) in [5, 5.41) is 10.1.